The van der Waals surface area contributed by atoms with Gasteiger partial charge in [-0.3, -0.25) is 0 Å². The molecule has 10 nitrogen and oxygen atoms in total. The number of likely N-dealkylation sites (N-methyl/N-ethyl adjacent to an activating group) is 1. The summed E-state index contributed by atoms with van der Waals surface area (Å²) in [5.74, 6) is 1.62. The third-order valence-corrected chi connectivity index (χ3v) is 5.45. The van der Waals surface area contributed by atoms with Crippen molar-refractivity contribution in [3.8, 4) is 11.4 Å². The van der Waals surface area contributed by atoms with Crippen LogP contribution in [0.4, 0.5) is 10.6 Å². The molecule has 2 amide bonds. The highest BCUT2D eigenvalue weighted by Crippen LogP contribution is 2.20. The summed E-state index contributed by atoms with van der Waals surface area (Å²) in [6.07, 6.45) is 5.41. The number of carbonyl (C=O) groups is 1. The summed E-state index contributed by atoms with van der Waals surface area (Å²) in [4.78, 5) is 16.6. The molecule has 1 atom stereocenters. The van der Waals surface area contributed by atoms with E-state index in [1.807, 2.05) is 43.4 Å². The Morgan fingerprint density at radius 3 is 2.84 bits per heavy atom. The van der Waals surface area contributed by atoms with Crippen LogP contribution in [-0.4, -0.2) is 69.4 Å². The highest BCUT2D eigenvalue weighted by atomic mass is 16.5. The number of carbonyl (C=O) groups excluding carboxylic acids is 1. The number of amides is 2. The van der Waals surface area contributed by atoms with Crippen LogP contribution in [0, 0.1) is 0 Å². The molecule has 3 aromatic rings. The Labute approximate surface area is 180 Å². The molecule has 2 aromatic heterocycles. The van der Waals surface area contributed by atoms with E-state index >= 15 is 0 Å². The number of aromatic nitrogens is 5. The van der Waals surface area contributed by atoms with Crippen LogP contribution in [0.3, 0.4) is 0 Å². The largest absolute Gasteiger partial charge is 0.497 e. The minimum atomic E-state index is -0.134. The predicted molar refractivity (Wildman–Crippen MR) is 115 cm³/mol. The second-order valence-corrected chi connectivity index (χ2v) is 7.45. The average molecular weight is 422 g/mol. The highest BCUT2D eigenvalue weighted by Gasteiger charge is 2.27. The third kappa shape index (κ3) is 4.90. The van der Waals surface area contributed by atoms with Gasteiger partial charge in [0.1, 0.15) is 11.4 Å². The maximum Gasteiger partial charge on any atom is 0.317 e. The lowest BCUT2D eigenvalue weighted by atomic mass is 10.0. The van der Waals surface area contributed by atoms with Gasteiger partial charge in [0.2, 0.25) is 0 Å². The Bertz CT molecular complexity index is 992. The van der Waals surface area contributed by atoms with Gasteiger partial charge in [-0.25, -0.2) is 9.48 Å². The van der Waals surface area contributed by atoms with Crippen LogP contribution in [-0.2, 0) is 6.54 Å². The van der Waals surface area contributed by atoms with E-state index in [0.29, 0.717) is 12.2 Å². The first-order chi connectivity index (χ1) is 15.1. The Balaban J connectivity index is 1.31. The molecule has 0 spiro atoms. The fourth-order valence-electron chi connectivity index (χ4n) is 3.64. The number of urea groups is 1. The van der Waals surface area contributed by atoms with E-state index in [0.717, 1.165) is 43.2 Å². The molecule has 1 aromatic carbocycles. The summed E-state index contributed by atoms with van der Waals surface area (Å²) >= 11 is 0. The molecule has 1 saturated heterocycles. The number of nitrogens with one attached hydrogen (secondary N) is 1. The Kier molecular flexibility index (Phi) is 6.25. The molecule has 10 heteroatoms. The number of hydrogen-bond donors (Lipinski definition) is 1. The zero-order valence-corrected chi connectivity index (χ0v) is 17.7. The molecule has 1 N–H and O–H groups in total. The summed E-state index contributed by atoms with van der Waals surface area (Å²) in [6, 6.07) is 11.3. The van der Waals surface area contributed by atoms with E-state index in [1.54, 1.807) is 29.1 Å². The van der Waals surface area contributed by atoms with Crippen molar-refractivity contribution in [2.24, 2.45) is 0 Å². The molecule has 3 heterocycles. The topological polar surface area (TPSA) is 101 Å². The van der Waals surface area contributed by atoms with E-state index in [1.165, 1.54) is 0 Å². The number of anilines is 1. The van der Waals surface area contributed by atoms with Crippen LogP contribution < -0.4 is 15.0 Å². The van der Waals surface area contributed by atoms with Crippen molar-refractivity contribution < 1.29 is 9.53 Å². The van der Waals surface area contributed by atoms with Crippen molar-refractivity contribution in [3.63, 3.8) is 0 Å². The van der Waals surface area contributed by atoms with Gasteiger partial charge in [-0.2, -0.15) is 5.10 Å². The molecule has 0 radical (unpaired) electrons. The van der Waals surface area contributed by atoms with Gasteiger partial charge >= 0.3 is 6.03 Å². The SMILES string of the molecule is COc1ccc(-n2cc(CNC(=O)N(C)[C@@H]3CCCN(c4cccnn4)C3)nn2)cc1. The van der Waals surface area contributed by atoms with Crippen molar-refractivity contribution in [2.45, 2.75) is 25.4 Å². The number of ether oxygens (including phenoxy) is 1. The normalized spacial score (nSPS) is 16.1. The van der Waals surface area contributed by atoms with Gasteiger partial charge in [0.25, 0.3) is 0 Å². The Morgan fingerprint density at radius 2 is 2.10 bits per heavy atom. The number of piperidine rings is 1. The maximum atomic E-state index is 12.7. The molecule has 0 aliphatic carbocycles. The van der Waals surface area contributed by atoms with E-state index < -0.39 is 0 Å². The van der Waals surface area contributed by atoms with E-state index in [-0.39, 0.29) is 12.1 Å². The monoisotopic (exact) mass is 422 g/mol. The van der Waals surface area contributed by atoms with Crippen molar-refractivity contribution in [2.75, 3.05) is 32.1 Å². The van der Waals surface area contributed by atoms with Crippen molar-refractivity contribution in [1.29, 1.82) is 0 Å². The molecule has 0 unspecified atom stereocenters. The molecular formula is C21H26N8O2. The molecule has 1 aliphatic rings. The van der Waals surface area contributed by atoms with E-state index in [2.05, 4.69) is 30.7 Å². The summed E-state index contributed by atoms with van der Waals surface area (Å²) in [5.41, 5.74) is 1.55. The summed E-state index contributed by atoms with van der Waals surface area (Å²) in [5, 5.41) is 19.4. The first-order valence-corrected chi connectivity index (χ1v) is 10.2. The van der Waals surface area contributed by atoms with Gasteiger partial charge in [-0.1, -0.05) is 5.21 Å². The lowest BCUT2D eigenvalue weighted by molar-refractivity contribution is 0.182. The van der Waals surface area contributed by atoms with Gasteiger partial charge in [-0.15, -0.1) is 10.2 Å². The number of methoxy groups -OCH3 is 1. The summed E-state index contributed by atoms with van der Waals surface area (Å²) in [7, 11) is 3.46. The third-order valence-electron chi connectivity index (χ3n) is 5.45. The number of nitrogens with zero attached hydrogens (tertiary/aromatic N) is 7. The van der Waals surface area contributed by atoms with E-state index in [4.69, 9.17) is 4.74 Å². The predicted octanol–water partition coefficient (Wildman–Crippen LogP) is 1.88. The van der Waals surface area contributed by atoms with Crippen LogP contribution in [0.15, 0.2) is 48.8 Å². The molecule has 0 saturated carbocycles. The summed E-state index contributed by atoms with van der Waals surface area (Å²) in [6.45, 7) is 1.95. The fourth-order valence-corrected chi connectivity index (χ4v) is 3.64. The standard InChI is InChI=1S/C21H26N8O2/c1-27(18-5-4-12-28(15-18)20-6-3-11-23-25-20)21(30)22-13-16-14-29(26-24-16)17-7-9-19(31-2)10-8-17/h3,6-11,14,18H,4-5,12-13,15H2,1-2H3,(H,22,30)/t18-/m1/s1. The van der Waals surface area contributed by atoms with Gasteiger partial charge in [0.05, 0.1) is 31.6 Å². The van der Waals surface area contributed by atoms with Gasteiger partial charge in [0, 0.05) is 26.3 Å². The maximum absolute atomic E-state index is 12.7. The van der Waals surface area contributed by atoms with Gasteiger partial charge in [0.15, 0.2) is 5.82 Å². The first-order valence-electron chi connectivity index (χ1n) is 10.2. The van der Waals surface area contributed by atoms with Gasteiger partial charge in [-0.05, 0) is 49.2 Å². The van der Waals surface area contributed by atoms with Crippen LogP contribution in [0.25, 0.3) is 5.69 Å². The minimum absolute atomic E-state index is 0.103. The zero-order chi connectivity index (χ0) is 21.6. The second-order valence-electron chi connectivity index (χ2n) is 7.45. The fraction of sp³-hybridized carbons (Fsp3) is 0.381. The second kappa shape index (κ2) is 9.41. The number of rotatable bonds is 6. The zero-order valence-electron chi connectivity index (χ0n) is 17.7. The van der Waals surface area contributed by atoms with Gasteiger partial charge < -0.3 is 19.9 Å². The van der Waals surface area contributed by atoms with Crippen LogP contribution in [0.5, 0.6) is 5.75 Å². The molecular weight excluding hydrogens is 396 g/mol. The number of benzene rings is 1. The van der Waals surface area contributed by atoms with Crippen LogP contribution >= 0.6 is 0 Å². The molecule has 1 fully saturated rings. The highest BCUT2D eigenvalue weighted by molar-refractivity contribution is 5.74. The molecule has 0 bridgehead atoms. The Hall–Kier alpha value is -3.69. The Morgan fingerprint density at radius 1 is 1.26 bits per heavy atom. The number of hydrogen-bond acceptors (Lipinski definition) is 7. The van der Waals surface area contributed by atoms with Crippen molar-refractivity contribution >= 4 is 11.8 Å². The molecule has 4 rings (SSSR count). The smallest absolute Gasteiger partial charge is 0.317 e. The average Bonchev–Trinajstić information content (AvgIpc) is 3.32. The van der Waals surface area contributed by atoms with Crippen LogP contribution in [0.1, 0.15) is 18.5 Å². The molecule has 1 aliphatic heterocycles. The molecule has 31 heavy (non-hydrogen) atoms. The summed E-state index contributed by atoms with van der Waals surface area (Å²) < 4.78 is 6.84. The molecule has 162 valence electrons. The first kappa shape index (κ1) is 20.6. The van der Waals surface area contributed by atoms with Crippen molar-refractivity contribution in [3.05, 3.63) is 54.5 Å². The quantitative estimate of drug-likeness (QED) is 0.647. The van der Waals surface area contributed by atoms with Crippen molar-refractivity contribution in [1.82, 2.24) is 35.4 Å². The lowest BCUT2D eigenvalue weighted by Gasteiger charge is -2.37. The minimum Gasteiger partial charge on any atom is -0.497 e. The van der Waals surface area contributed by atoms with Crippen LogP contribution in [0.2, 0.25) is 0 Å². The lowest BCUT2D eigenvalue weighted by Crippen LogP contribution is -2.51. The van der Waals surface area contributed by atoms with E-state index in [9.17, 15) is 4.79 Å².